The van der Waals surface area contributed by atoms with Crippen molar-refractivity contribution in [2.45, 2.75) is 38.1 Å². The van der Waals surface area contributed by atoms with Crippen molar-refractivity contribution < 1.29 is 4.39 Å². The fraction of sp³-hybridized carbons (Fsp3) is 0.462. The summed E-state index contributed by atoms with van der Waals surface area (Å²) < 4.78 is 13.4. The van der Waals surface area contributed by atoms with Crippen molar-refractivity contribution in [2.24, 2.45) is 0 Å². The lowest BCUT2D eigenvalue weighted by molar-refractivity contribution is 0.269. The van der Waals surface area contributed by atoms with Crippen LogP contribution >= 0.6 is 0 Å². The molecule has 0 radical (unpaired) electrons. The SMILES string of the molecule is CCC1(Nc2cccc(F)c2C#N)CCC1. The maximum atomic E-state index is 13.4. The molecule has 1 fully saturated rings. The zero-order valence-corrected chi connectivity index (χ0v) is 9.39. The Morgan fingerprint density at radius 3 is 2.75 bits per heavy atom. The molecule has 1 N–H and O–H groups in total. The van der Waals surface area contributed by atoms with E-state index in [-0.39, 0.29) is 11.1 Å². The first kappa shape index (κ1) is 10.9. The average molecular weight is 218 g/mol. The van der Waals surface area contributed by atoms with Gasteiger partial charge < -0.3 is 5.32 Å². The Kier molecular flexibility index (Phi) is 2.82. The monoisotopic (exact) mass is 218 g/mol. The number of rotatable bonds is 3. The van der Waals surface area contributed by atoms with Crippen LogP contribution in [0.4, 0.5) is 10.1 Å². The maximum Gasteiger partial charge on any atom is 0.143 e. The van der Waals surface area contributed by atoms with E-state index in [9.17, 15) is 4.39 Å². The second-order valence-electron chi connectivity index (χ2n) is 4.39. The molecule has 0 aromatic heterocycles. The lowest BCUT2D eigenvalue weighted by Crippen LogP contribution is -2.44. The van der Waals surface area contributed by atoms with Crippen molar-refractivity contribution in [3.05, 3.63) is 29.6 Å². The lowest BCUT2D eigenvalue weighted by Gasteiger charge is -2.43. The van der Waals surface area contributed by atoms with Gasteiger partial charge in [-0.05, 0) is 37.8 Å². The van der Waals surface area contributed by atoms with Gasteiger partial charge in [0, 0.05) is 5.54 Å². The van der Waals surface area contributed by atoms with Crippen LogP contribution in [0, 0.1) is 17.1 Å². The molecule has 0 amide bonds. The third kappa shape index (κ3) is 1.76. The van der Waals surface area contributed by atoms with E-state index in [0.717, 1.165) is 19.3 Å². The quantitative estimate of drug-likeness (QED) is 0.843. The Hall–Kier alpha value is -1.56. The first-order valence-corrected chi connectivity index (χ1v) is 5.67. The van der Waals surface area contributed by atoms with Crippen molar-refractivity contribution in [1.82, 2.24) is 0 Å². The highest BCUT2D eigenvalue weighted by atomic mass is 19.1. The summed E-state index contributed by atoms with van der Waals surface area (Å²) in [6.07, 6.45) is 4.42. The molecule has 84 valence electrons. The Labute approximate surface area is 95.1 Å². The summed E-state index contributed by atoms with van der Waals surface area (Å²) in [6, 6.07) is 6.66. The van der Waals surface area contributed by atoms with Gasteiger partial charge in [0.2, 0.25) is 0 Å². The number of hydrogen-bond acceptors (Lipinski definition) is 2. The molecule has 0 saturated heterocycles. The average Bonchev–Trinajstić information content (AvgIpc) is 2.23. The van der Waals surface area contributed by atoms with Crippen molar-refractivity contribution in [3.63, 3.8) is 0 Å². The predicted octanol–water partition coefficient (Wildman–Crippen LogP) is 3.44. The van der Waals surface area contributed by atoms with E-state index in [4.69, 9.17) is 5.26 Å². The summed E-state index contributed by atoms with van der Waals surface area (Å²) in [5.74, 6) is -0.446. The smallest absolute Gasteiger partial charge is 0.143 e. The molecular formula is C13H15FN2. The number of anilines is 1. The Balaban J connectivity index is 2.28. The van der Waals surface area contributed by atoms with Gasteiger partial charge in [0.1, 0.15) is 17.4 Å². The van der Waals surface area contributed by atoms with Gasteiger partial charge >= 0.3 is 0 Å². The zero-order valence-electron chi connectivity index (χ0n) is 9.39. The molecule has 2 rings (SSSR count). The van der Waals surface area contributed by atoms with E-state index in [1.54, 1.807) is 12.1 Å². The first-order chi connectivity index (χ1) is 7.71. The number of hydrogen-bond donors (Lipinski definition) is 1. The highest BCUT2D eigenvalue weighted by Gasteiger charge is 2.35. The van der Waals surface area contributed by atoms with E-state index < -0.39 is 5.82 Å². The van der Waals surface area contributed by atoms with Crippen LogP contribution in [-0.4, -0.2) is 5.54 Å². The van der Waals surface area contributed by atoms with Crippen molar-refractivity contribution in [2.75, 3.05) is 5.32 Å². The highest BCUT2D eigenvalue weighted by molar-refractivity contribution is 5.59. The topological polar surface area (TPSA) is 35.8 Å². The van der Waals surface area contributed by atoms with Crippen molar-refractivity contribution in [1.29, 1.82) is 5.26 Å². The van der Waals surface area contributed by atoms with E-state index in [0.29, 0.717) is 5.69 Å². The second-order valence-corrected chi connectivity index (χ2v) is 4.39. The maximum absolute atomic E-state index is 13.4. The molecule has 0 heterocycles. The summed E-state index contributed by atoms with van der Waals surface area (Å²) in [7, 11) is 0. The van der Waals surface area contributed by atoms with Crippen LogP contribution in [-0.2, 0) is 0 Å². The van der Waals surface area contributed by atoms with Crippen molar-refractivity contribution in [3.8, 4) is 6.07 Å². The Bertz CT molecular complexity index is 425. The number of nitrogens with zero attached hydrogens (tertiary/aromatic N) is 1. The van der Waals surface area contributed by atoms with Crippen molar-refractivity contribution >= 4 is 5.69 Å². The molecule has 3 heteroatoms. The molecule has 1 aromatic rings. The van der Waals surface area contributed by atoms with Crippen LogP contribution in [0.5, 0.6) is 0 Å². The number of halogens is 1. The molecule has 1 saturated carbocycles. The number of benzene rings is 1. The van der Waals surface area contributed by atoms with E-state index in [1.165, 1.54) is 12.5 Å². The summed E-state index contributed by atoms with van der Waals surface area (Å²) >= 11 is 0. The largest absolute Gasteiger partial charge is 0.378 e. The molecule has 16 heavy (non-hydrogen) atoms. The zero-order chi connectivity index (χ0) is 11.6. The number of nitrogens with one attached hydrogen (secondary N) is 1. The molecule has 1 aliphatic rings. The second kappa shape index (κ2) is 4.13. The summed E-state index contributed by atoms with van der Waals surface area (Å²) in [4.78, 5) is 0. The minimum atomic E-state index is -0.446. The molecule has 0 spiro atoms. The van der Waals surface area contributed by atoms with Crippen LogP contribution < -0.4 is 5.32 Å². The lowest BCUT2D eigenvalue weighted by atomic mass is 9.74. The first-order valence-electron chi connectivity index (χ1n) is 5.67. The molecule has 2 nitrogen and oxygen atoms in total. The molecule has 0 atom stereocenters. The summed E-state index contributed by atoms with van der Waals surface area (Å²) in [5, 5.41) is 12.3. The van der Waals surface area contributed by atoms with Crippen LogP contribution in [0.1, 0.15) is 38.2 Å². The minimum absolute atomic E-state index is 0.0827. The van der Waals surface area contributed by atoms with Gasteiger partial charge in [0.25, 0.3) is 0 Å². The van der Waals surface area contributed by atoms with E-state index in [1.807, 2.05) is 6.07 Å². The van der Waals surface area contributed by atoms with Crippen LogP contribution in [0.3, 0.4) is 0 Å². The van der Waals surface area contributed by atoms with Crippen LogP contribution in [0.25, 0.3) is 0 Å². The molecule has 0 unspecified atom stereocenters. The van der Waals surface area contributed by atoms with E-state index >= 15 is 0 Å². The Morgan fingerprint density at radius 2 is 2.25 bits per heavy atom. The summed E-state index contributed by atoms with van der Waals surface area (Å²) in [5.41, 5.74) is 0.839. The van der Waals surface area contributed by atoms with Gasteiger partial charge in [-0.25, -0.2) is 4.39 Å². The number of nitriles is 1. The predicted molar refractivity (Wildman–Crippen MR) is 61.6 cm³/mol. The van der Waals surface area contributed by atoms with Crippen LogP contribution in [0.2, 0.25) is 0 Å². The van der Waals surface area contributed by atoms with Gasteiger partial charge in [0.05, 0.1) is 5.69 Å². The fourth-order valence-electron chi connectivity index (χ4n) is 2.20. The normalized spacial score (nSPS) is 17.3. The molecule has 0 aliphatic heterocycles. The highest BCUT2D eigenvalue weighted by Crippen LogP contribution is 2.38. The van der Waals surface area contributed by atoms with E-state index in [2.05, 4.69) is 12.2 Å². The van der Waals surface area contributed by atoms with Gasteiger partial charge in [-0.2, -0.15) is 5.26 Å². The van der Waals surface area contributed by atoms with Gasteiger partial charge in [-0.3, -0.25) is 0 Å². The van der Waals surface area contributed by atoms with Crippen LogP contribution in [0.15, 0.2) is 18.2 Å². The summed E-state index contributed by atoms with van der Waals surface area (Å²) in [6.45, 7) is 2.12. The van der Waals surface area contributed by atoms with Gasteiger partial charge in [-0.1, -0.05) is 13.0 Å². The minimum Gasteiger partial charge on any atom is -0.378 e. The standard InChI is InChI=1S/C13H15FN2/c1-2-13(7-4-8-13)16-12-6-3-5-11(14)10(12)9-15/h3,5-6,16H,2,4,7-8H2,1H3. The molecule has 1 aromatic carbocycles. The molecule has 1 aliphatic carbocycles. The van der Waals surface area contributed by atoms with Gasteiger partial charge in [0.15, 0.2) is 0 Å². The fourth-order valence-corrected chi connectivity index (χ4v) is 2.20. The Morgan fingerprint density at radius 1 is 1.50 bits per heavy atom. The molecule has 0 bridgehead atoms. The third-order valence-electron chi connectivity index (χ3n) is 3.51. The molecular weight excluding hydrogens is 203 g/mol. The third-order valence-corrected chi connectivity index (χ3v) is 3.51. The van der Waals surface area contributed by atoms with Gasteiger partial charge in [-0.15, -0.1) is 0 Å².